The molecule has 4 rings (SSSR count). The molecule has 128 valence electrons. The number of hydrogen-bond acceptors (Lipinski definition) is 4. The molecule has 0 radical (unpaired) electrons. The fourth-order valence-electron chi connectivity index (χ4n) is 3.30. The molecule has 0 unspecified atom stereocenters. The van der Waals surface area contributed by atoms with Gasteiger partial charge in [0.2, 0.25) is 5.91 Å². The van der Waals surface area contributed by atoms with Crippen molar-refractivity contribution in [1.82, 2.24) is 19.5 Å². The summed E-state index contributed by atoms with van der Waals surface area (Å²) >= 11 is 0. The van der Waals surface area contributed by atoms with E-state index in [0.29, 0.717) is 6.42 Å². The van der Waals surface area contributed by atoms with Crippen LogP contribution >= 0.6 is 0 Å². The largest absolute Gasteiger partial charge is 0.353 e. The number of fused-ring (bicyclic) bond motifs is 1. The summed E-state index contributed by atoms with van der Waals surface area (Å²) in [7, 11) is 0. The van der Waals surface area contributed by atoms with E-state index in [-0.39, 0.29) is 5.91 Å². The molecule has 0 aliphatic carbocycles. The first-order valence-electron chi connectivity index (χ1n) is 8.67. The van der Waals surface area contributed by atoms with Gasteiger partial charge < -0.3 is 9.80 Å². The van der Waals surface area contributed by atoms with Crippen LogP contribution in [0, 0.1) is 0 Å². The van der Waals surface area contributed by atoms with Gasteiger partial charge in [-0.3, -0.25) is 4.79 Å². The van der Waals surface area contributed by atoms with Crippen molar-refractivity contribution in [2.45, 2.75) is 12.8 Å². The molecular formula is C19H21N5O. The summed E-state index contributed by atoms with van der Waals surface area (Å²) in [4.78, 5) is 21.0. The van der Waals surface area contributed by atoms with Crippen molar-refractivity contribution >= 4 is 17.4 Å². The smallest absolute Gasteiger partial charge is 0.223 e. The van der Waals surface area contributed by atoms with E-state index >= 15 is 0 Å². The lowest BCUT2D eigenvalue weighted by Gasteiger charge is -2.36. The highest BCUT2D eigenvalue weighted by Crippen LogP contribution is 2.17. The zero-order valence-corrected chi connectivity index (χ0v) is 14.1. The van der Waals surface area contributed by atoms with Crippen LogP contribution in [0.1, 0.15) is 12.0 Å². The van der Waals surface area contributed by atoms with Crippen LogP contribution < -0.4 is 4.90 Å². The lowest BCUT2D eigenvalue weighted by molar-refractivity contribution is -0.131. The van der Waals surface area contributed by atoms with E-state index in [2.05, 4.69) is 27.1 Å². The maximum absolute atomic E-state index is 12.5. The zero-order valence-electron chi connectivity index (χ0n) is 14.1. The van der Waals surface area contributed by atoms with E-state index in [0.717, 1.165) is 44.1 Å². The van der Waals surface area contributed by atoms with Crippen molar-refractivity contribution < 1.29 is 4.79 Å². The third-order valence-corrected chi connectivity index (χ3v) is 4.70. The third-order valence-electron chi connectivity index (χ3n) is 4.70. The van der Waals surface area contributed by atoms with Crippen LogP contribution in [0.3, 0.4) is 0 Å². The summed E-state index contributed by atoms with van der Waals surface area (Å²) in [6.07, 6.45) is 4.94. The lowest BCUT2D eigenvalue weighted by atomic mass is 10.1. The van der Waals surface area contributed by atoms with E-state index in [1.807, 2.05) is 45.9 Å². The average molecular weight is 335 g/mol. The van der Waals surface area contributed by atoms with E-state index < -0.39 is 0 Å². The lowest BCUT2D eigenvalue weighted by Crippen LogP contribution is -2.49. The number of amides is 1. The van der Waals surface area contributed by atoms with Crippen LogP contribution in [-0.2, 0) is 11.2 Å². The minimum absolute atomic E-state index is 0.238. The fraction of sp³-hybridized carbons (Fsp3) is 0.316. The molecule has 2 aromatic heterocycles. The van der Waals surface area contributed by atoms with Crippen molar-refractivity contribution in [3.05, 3.63) is 60.4 Å². The number of anilines is 1. The summed E-state index contributed by atoms with van der Waals surface area (Å²) in [6.45, 7) is 3.13. The van der Waals surface area contributed by atoms with Crippen LogP contribution in [0.2, 0.25) is 0 Å². The molecule has 0 saturated carbocycles. The monoisotopic (exact) mass is 335 g/mol. The maximum Gasteiger partial charge on any atom is 0.223 e. The van der Waals surface area contributed by atoms with E-state index in [9.17, 15) is 4.79 Å². The SMILES string of the molecule is O=C(CCc1ccccc1)N1CCN(c2ccnc3ccnn23)CC1. The Hall–Kier alpha value is -2.89. The Balaban J connectivity index is 1.35. The molecule has 0 bridgehead atoms. The highest BCUT2D eigenvalue weighted by atomic mass is 16.2. The van der Waals surface area contributed by atoms with E-state index in [4.69, 9.17) is 0 Å². The first-order valence-corrected chi connectivity index (χ1v) is 8.67. The minimum atomic E-state index is 0.238. The molecule has 6 nitrogen and oxygen atoms in total. The molecule has 1 fully saturated rings. The van der Waals surface area contributed by atoms with Crippen LogP contribution in [0.15, 0.2) is 54.9 Å². The summed E-state index contributed by atoms with van der Waals surface area (Å²) < 4.78 is 1.85. The molecule has 3 aromatic rings. The standard InChI is InChI=1S/C19H21N5O/c25-19(7-6-16-4-2-1-3-5-16)23-14-12-22(13-15-23)18-9-10-20-17-8-11-21-24(17)18/h1-5,8-11H,6-7,12-15H2. The molecule has 0 atom stereocenters. The van der Waals surface area contributed by atoms with Gasteiger partial charge in [-0.15, -0.1) is 0 Å². The van der Waals surface area contributed by atoms with Gasteiger partial charge in [0.05, 0.1) is 6.20 Å². The molecule has 0 N–H and O–H groups in total. The summed E-state index contributed by atoms with van der Waals surface area (Å²) in [5, 5.41) is 4.34. The maximum atomic E-state index is 12.5. The van der Waals surface area contributed by atoms with Gasteiger partial charge in [0, 0.05) is 44.9 Å². The van der Waals surface area contributed by atoms with Crippen molar-refractivity contribution in [1.29, 1.82) is 0 Å². The first kappa shape index (κ1) is 15.6. The number of aromatic nitrogens is 3. The highest BCUT2D eigenvalue weighted by molar-refractivity contribution is 5.76. The zero-order chi connectivity index (χ0) is 17.1. The fourth-order valence-corrected chi connectivity index (χ4v) is 3.30. The second-order valence-corrected chi connectivity index (χ2v) is 6.26. The predicted octanol–water partition coefficient (Wildman–Crippen LogP) is 2.01. The Morgan fingerprint density at radius 1 is 0.960 bits per heavy atom. The topological polar surface area (TPSA) is 53.7 Å². The van der Waals surface area contributed by atoms with Crippen molar-refractivity contribution in [3.8, 4) is 0 Å². The van der Waals surface area contributed by atoms with Gasteiger partial charge in [-0.25, -0.2) is 4.98 Å². The molecular weight excluding hydrogens is 314 g/mol. The van der Waals surface area contributed by atoms with Crippen molar-refractivity contribution in [2.24, 2.45) is 0 Å². The predicted molar refractivity (Wildman–Crippen MR) is 96.5 cm³/mol. The number of carbonyl (C=O) groups excluding carboxylic acids is 1. The number of nitrogens with zero attached hydrogens (tertiary/aromatic N) is 5. The summed E-state index contributed by atoms with van der Waals surface area (Å²) in [5.41, 5.74) is 2.06. The molecule has 3 heterocycles. The van der Waals surface area contributed by atoms with Gasteiger partial charge in [0.25, 0.3) is 0 Å². The van der Waals surface area contributed by atoms with Gasteiger partial charge in [0.1, 0.15) is 5.82 Å². The second kappa shape index (κ2) is 6.93. The Morgan fingerprint density at radius 2 is 1.76 bits per heavy atom. The summed E-state index contributed by atoms with van der Waals surface area (Å²) in [5.74, 6) is 1.27. The first-order chi connectivity index (χ1) is 12.3. The van der Waals surface area contributed by atoms with Crippen LogP contribution in [0.25, 0.3) is 5.65 Å². The number of piperazine rings is 1. The second-order valence-electron chi connectivity index (χ2n) is 6.26. The normalized spacial score (nSPS) is 14.9. The minimum Gasteiger partial charge on any atom is -0.353 e. The third kappa shape index (κ3) is 3.33. The van der Waals surface area contributed by atoms with Crippen LogP contribution in [-0.4, -0.2) is 51.6 Å². The Labute approximate surface area is 146 Å². The molecule has 0 spiro atoms. The van der Waals surface area contributed by atoms with Gasteiger partial charge >= 0.3 is 0 Å². The molecule has 1 aliphatic heterocycles. The molecule has 25 heavy (non-hydrogen) atoms. The van der Waals surface area contributed by atoms with Crippen LogP contribution in [0.5, 0.6) is 0 Å². The van der Waals surface area contributed by atoms with Gasteiger partial charge in [-0.1, -0.05) is 30.3 Å². The summed E-state index contributed by atoms with van der Waals surface area (Å²) in [6, 6.07) is 14.1. The van der Waals surface area contributed by atoms with Crippen molar-refractivity contribution in [3.63, 3.8) is 0 Å². The highest BCUT2D eigenvalue weighted by Gasteiger charge is 2.22. The number of rotatable bonds is 4. The molecule has 6 heteroatoms. The molecule has 1 saturated heterocycles. The Kier molecular flexibility index (Phi) is 4.33. The molecule has 1 aromatic carbocycles. The Morgan fingerprint density at radius 3 is 2.56 bits per heavy atom. The molecule has 1 amide bonds. The average Bonchev–Trinajstić information content (AvgIpc) is 3.16. The van der Waals surface area contributed by atoms with Gasteiger partial charge in [0.15, 0.2) is 5.65 Å². The van der Waals surface area contributed by atoms with Crippen LogP contribution in [0.4, 0.5) is 5.82 Å². The van der Waals surface area contributed by atoms with E-state index in [1.54, 1.807) is 6.20 Å². The molecule has 1 aliphatic rings. The van der Waals surface area contributed by atoms with Crippen molar-refractivity contribution in [2.75, 3.05) is 31.1 Å². The van der Waals surface area contributed by atoms with E-state index in [1.165, 1.54) is 5.56 Å². The quantitative estimate of drug-likeness (QED) is 0.732. The van der Waals surface area contributed by atoms with Gasteiger partial charge in [-0.2, -0.15) is 9.61 Å². The number of benzene rings is 1. The number of hydrogen-bond donors (Lipinski definition) is 0. The number of aryl methyl sites for hydroxylation is 1. The van der Waals surface area contributed by atoms with Gasteiger partial charge in [-0.05, 0) is 18.1 Å². The number of carbonyl (C=O) groups is 1. The Bertz CT molecular complexity index is 852.